The third-order valence-corrected chi connectivity index (χ3v) is 9.51. The summed E-state index contributed by atoms with van der Waals surface area (Å²) in [6, 6.07) is 4.92. The van der Waals surface area contributed by atoms with E-state index in [2.05, 4.69) is 16.0 Å². The van der Waals surface area contributed by atoms with Crippen molar-refractivity contribution in [2.45, 2.75) is 49.2 Å². The van der Waals surface area contributed by atoms with E-state index in [1.54, 1.807) is 0 Å². The molecule has 3 fully saturated rings. The fraction of sp³-hybridized carbons (Fsp3) is 0.550. The van der Waals surface area contributed by atoms with Gasteiger partial charge in [-0.1, -0.05) is 12.1 Å². The van der Waals surface area contributed by atoms with E-state index in [4.69, 9.17) is 0 Å². The molecule has 1 spiro atoms. The molecule has 9 nitrogen and oxygen atoms in total. The SMILES string of the molecule is O=C1CCC(N2Cc3ccc(CNC4CCS(=O)(=O)C45CNC5)cc3C2=O)C(=O)N1. The van der Waals surface area contributed by atoms with Crippen LogP contribution in [0.25, 0.3) is 0 Å². The second kappa shape index (κ2) is 6.86. The predicted molar refractivity (Wildman–Crippen MR) is 107 cm³/mol. The molecule has 160 valence electrons. The van der Waals surface area contributed by atoms with Crippen molar-refractivity contribution in [3.05, 3.63) is 34.9 Å². The van der Waals surface area contributed by atoms with Crippen LogP contribution in [0.4, 0.5) is 0 Å². The van der Waals surface area contributed by atoms with Crippen LogP contribution in [0.5, 0.6) is 0 Å². The van der Waals surface area contributed by atoms with Gasteiger partial charge in [0.05, 0.1) is 5.75 Å². The molecule has 4 heterocycles. The van der Waals surface area contributed by atoms with Gasteiger partial charge < -0.3 is 15.5 Å². The summed E-state index contributed by atoms with van der Waals surface area (Å²) in [5.74, 6) is -0.724. The quantitative estimate of drug-likeness (QED) is 0.525. The lowest BCUT2D eigenvalue weighted by molar-refractivity contribution is -0.136. The minimum atomic E-state index is -3.10. The Morgan fingerprint density at radius 3 is 2.67 bits per heavy atom. The van der Waals surface area contributed by atoms with Crippen molar-refractivity contribution < 1.29 is 22.8 Å². The van der Waals surface area contributed by atoms with Gasteiger partial charge in [-0.15, -0.1) is 0 Å². The number of sulfone groups is 1. The van der Waals surface area contributed by atoms with E-state index < -0.39 is 26.5 Å². The molecule has 30 heavy (non-hydrogen) atoms. The minimum absolute atomic E-state index is 0.104. The molecule has 3 N–H and O–H groups in total. The Morgan fingerprint density at radius 2 is 1.97 bits per heavy atom. The first-order chi connectivity index (χ1) is 14.3. The maximum absolute atomic E-state index is 12.9. The lowest BCUT2D eigenvalue weighted by Gasteiger charge is -2.42. The molecule has 1 aromatic rings. The van der Waals surface area contributed by atoms with Crippen molar-refractivity contribution >= 4 is 27.6 Å². The third kappa shape index (κ3) is 2.89. The molecule has 3 saturated heterocycles. The second-order valence-electron chi connectivity index (χ2n) is 8.60. The number of hydrogen-bond acceptors (Lipinski definition) is 7. The highest BCUT2D eigenvalue weighted by atomic mass is 32.2. The summed E-state index contributed by atoms with van der Waals surface area (Å²) in [5.41, 5.74) is 2.33. The number of imide groups is 1. The lowest BCUT2D eigenvalue weighted by Crippen LogP contribution is -2.69. The van der Waals surface area contributed by atoms with Gasteiger partial charge in [-0.05, 0) is 30.0 Å². The predicted octanol–water partition coefficient (Wildman–Crippen LogP) is -0.934. The van der Waals surface area contributed by atoms with Crippen LogP contribution in [0.3, 0.4) is 0 Å². The molecule has 4 aliphatic heterocycles. The standard InChI is InChI=1S/C20H24N4O5S/c25-17-4-3-15(18(26)23-17)24-9-13-2-1-12(7-14(13)19(24)27)8-22-16-5-6-30(28,29)20(16)10-21-11-20/h1-2,7,15-16,21-22H,3-6,8-11H2,(H,23,25,26). The van der Waals surface area contributed by atoms with Gasteiger partial charge >= 0.3 is 0 Å². The number of fused-ring (bicyclic) bond motifs is 1. The Kier molecular flexibility index (Phi) is 4.49. The smallest absolute Gasteiger partial charge is 0.255 e. The van der Waals surface area contributed by atoms with Crippen molar-refractivity contribution in [2.24, 2.45) is 0 Å². The highest BCUT2D eigenvalue weighted by Crippen LogP contribution is 2.36. The summed E-state index contributed by atoms with van der Waals surface area (Å²) >= 11 is 0. The van der Waals surface area contributed by atoms with E-state index in [9.17, 15) is 22.8 Å². The molecule has 0 bridgehead atoms. The summed E-state index contributed by atoms with van der Waals surface area (Å²) in [6.45, 7) is 1.79. The van der Waals surface area contributed by atoms with Gasteiger partial charge in [0.25, 0.3) is 5.91 Å². The van der Waals surface area contributed by atoms with Crippen LogP contribution in [0.1, 0.15) is 40.7 Å². The first kappa shape index (κ1) is 19.7. The van der Waals surface area contributed by atoms with E-state index in [-0.39, 0.29) is 30.0 Å². The first-order valence-corrected chi connectivity index (χ1v) is 11.9. The summed E-state index contributed by atoms with van der Waals surface area (Å²) in [7, 11) is -3.10. The number of benzene rings is 1. The molecule has 4 aliphatic rings. The number of nitrogens with zero attached hydrogens (tertiary/aromatic N) is 1. The van der Waals surface area contributed by atoms with E-state index >= 15 is 0 Å². The van der Waals surface area contributed by atoms with Gasteiger partial charge in [0, 0.05) is 44.2 Å². The van der Waals surface area contributed by atoms with E-state index in [1.807, 2.05) is 18.2 Å². The molecule has 0 saturated carbocycles. The minimum Gasteiger partial charge on any atom is -0.322 e. The Hall–Kier alpha value is -2.30. The molecule has 1 aromatic carbocycles. The fourth-order valence-corrected chi connectivity index (χ4v) is 7.27. The van der Waals surface area contributed by atoms with Crippen LogP contribution in [-0.2, 0) is 32.5 Å². The zero-order valence-electron chi connectivity index (χ0n) is 16.4. The van der Waals surface area contributed by atoms with Crippen molar-refractivity contribution in [3.63, 3.8) is 0 Å². The number of hydrogen-bond donors (Lipinski definition) is 3. The summed E-state index contributed by atoms with van der Waals surface area (Å²) in [5, 5.41) is 8.79. The summed E-state index contributed by atoms with van der Waals surface area (Å²) in [4.78, 5) is 38.0. The van der Waals surface area contributed by atoms with Crippen LogP contribution < -0.4 is 16.0 Å². The van der Waals surface area contributed by atoms with Gasteiger partial charge in [-0.2, -0.15) is 0 Å². The summed E-state index contributed by atoms with van der Waals surface area (Å²) in [6.07, 6.45) is 1.16. The van der Waals surface area contributed by atoms with Gasteiger partial charge in [-0.3, -0.25) is 19.7 Å². The Balaban J connectivity index is 1.29. The molecular weight excluding hydrogens is 408 g/mol. The molecule has 10 heteroatoms. The fourth-order valence-electron chi connectivity index (χ4n) is 5.03. The number of rotatable bonds is 4. The van der Waals surface area contributed by atoms with Crippen molar-refractivity contribution in [1.82, 2.24) is 20.9 Å². The molecule has 5 rings (SSSR count). The Labute approximate surface area is 174 Å². The van der Waals surface area contributed by atoms with Crippen molar-refractivity contribution in [1.29, 1.82) is 0 Å². The van der Waals surface area contributed by atoms with E-state index in [0.29, 0.717) is 44.6 Å². The Morgan fingerprint density at radius 1 is 1.17 bits per heavy atom. The molecule has 2 unspecified atom stereocenters. The van der Waals surface area contributed by atoms with E-state index in [1.165, 1.54) is 4.90 Å². The maximum Gasteiger partial charge on any atom is 0.255 e. The second-order valence-corrected chi connectivity index (χ2v) is 11.1. The molecule has 2 atom stereocenters. The molecule has 0 aliphatic carbocycles. The lowest BCUT2D eigenvalue weighted by atomic mass is 9.91. The number of amides is 3. The van der Waals surface area contributed by atoms with Crippen molar-refractivity contribution in [2.75, 3.05) is 18.8 Å². The Bertz CT molecular complexity index is 1050. The number of piperidine rings is 1. The third-order valence-electron chi connectivity index (χ3n) is 6.92. The van der Waals surface area contributed by atoms with Crippen LogP contribution in [-0.4, -0.2) is 66.7 Å². The zero-order chi connectivity index (χ0) is 21.1. The van der Waals surface area contributed by atoms with Crippen LogP contribution in [0.2, 0.25) is 0 Å². The number of nitrogens with one attached hydrogen (secondary N) is 3. The van der Waals surface area contributed by atoms with Gasteiger partial charge in [0.2, 0.25) is 11.8 Å². The first-order valence-electron chi connectivity index (χ1n) is 10.2. The van der Waals surface area contributed by atoms with Crippen LogP contribution in [0.15, 0.2) is 18.2 Å². The van der Waals surface area contributed by atoms with Gasteiger partial charge in [-0.25, -0.2) is 8.42 Å². The number of carbonyl (C=O) groups is 3. The molecule has 0 radical (unpaired) electrons. The average molecular weight is 433 g/mol. The maximum atomic E-state index is 12.9. The monoisotopic (exact) mass is 432 g/mol. The van der Waals surface area contributed by atoms with Crippen molar-refractivity contribution in [3.8, 4) is 0 Å². The molecule has 3 amide bonds. The van der Waals surface area contributed by atoms with Gasteiger partial charge in [0.1, 0.15) is 10.8 Å². The molecular formula is C20H24N4O5S. The molecule has 0 aromatic heterocycles. The largest absolute Gasteiger partial charge is 0.322 e. The average Bonchev–Trinajstić information content (AvgIpc) is 3.13. The van der Waals surface area contributed by atoms with Crippen LogP contribution in [0, 0.1) is 0 Å². The van der Waals surface area contributed by atoms with Gasteiger partial charge in [0.15, 0.2) is 9.84 Å². The highest BCUT2D eigenvalue weighted by Gasteiger charge is 2.58. The highest BCUT2D eigenvalue weighted by molar-refractivity contribution is 7.93. The normalized spacial score (nSPS) is 29.1. The number of carbonyl (C=O) groups excluding carboxylic acids is 3. The summed E-state index contributed by atoms with van der Waals surface area (Å²) < 4.78 is 24.2. The van der Waals surface area contributed by atoms with Crippen LogP contribution >= 0.6 is 0 Å². The zero-order valence-corrected chi connectivity index (χ0v) is 17.3. The topological polar surface area (TPSA) is 125 Å². The van der Waals surface area contributed by atoms with E-state index in [0.717, 1.165) is 11.1 Å².